The molecule has 0 radical (unpaired) electrons. The Morgan fingerprint density at radius 1 is 1.17 bits per heavy atom. The Balaban J connectivity index is 1.80. The molecule has 2 nitrogen and oxygen atoms in total. The van der Waals surface area contributed by atoms with E-state index in [4.69, 9.17) is 11.6 Å². The van der Waals surface area contributed by atoms with Crippen molar-refractivity contribution in [3.8, 4) is 0 Å². The van der Waals surface area contributed by atoms with Crippen LogP contribution in [0, 0.1) is 0 Å². The molecule has 0 saturated carbocycles. The Morgan fingerprint density at radius 3 is 2.72 bits per heavy atom. The third-order valence-electron chi connectivity index (χ3n) is 4.52. The number of fused-ring (bicyclic) bond motifs is 1. The first-order chi connectivity index (χ1) is 8.67. The number of benzene rings is 1. The van der Waals surface area contributed by atoms with Crippen LogP contribution < -0.4 is 0 Å². The van der Waals surface area contributed by atoms with Gasteiger partial charge in [-0.3, -0.25) is 0 Å². The predicted octanol–water partition coefficient (Wildman–Crippen LogP) is 3.18. The lowest BCUT2D eigenvalue weighted by atomic mass is 9.78. The molecule has 1 aromatic rings. The predicted molar refractivity (Wildman–Crippen MR) is 73.8 cm³/mol. The van der Waals surface area contributed by atoms with Crippen LogP contribution in [-0.2, 0) is 5.60 Å². The van der Waals surface area contributed by atoms with Crippen molar-refractivity contribution in [1.29, 1.82) is 0 Å². The Labute approximate surface area is 114 Å². The zero-order valence-corrected chi connectivity index (χ0v) is 11.4. The van der Waals surface area contributed by atoms with Crippen LogP contribution >= 0.6 is 11.6 Å². The molecule has 2 heterocycles. The Hall–Kier alpha value is -0.570. The molecule has 0 unspecified atom stereocenters. The molecule has 0 amide bonds. The van der Waals surface area contributed by atoms with Gasteiger partial charge in [0.25, 0.3) is 0 Å². The van der Waals surface area contributed by atoms with Gasteiger partial charge in [0.1, 0.15) is 0 Å². The minimum absolute atomic E-state index is 0.563. The van der Waals surface area contributed by atoms with E-state index in [-0.39, 0.29) is 0 Å². The fourth-order valence-corrected chi connectivity index (χ4v) is 3.55. The average molecular weight is 266 g/mol. The molecule has 3 heteroatoms. The van der Waals surface area contributed by atoms with E-state index in [2.05, 4.69) is 4.90 Å². The van der Waals surface area contributed by atoms with E-state index in [0.717, 1.165) is 30.0 Å². The van der Waals surface area contributed by atoms with E-state index in [1.807, 2.05) is 24.3 Å². The van der Waals surface area contributed by atoms with Crippen LogP contribution in [-0.4, -0.2) is 29.1 Å². The number of nitrogens with zero attached hydrogens (tertiary/aromatic N) is 1. The van der Waals surface area contributed by atoms with Crippen molar-refractivity contribution >= 4 is 11.6 Å². The summed E-state index contributed by atoms with van der Waals surface area (Å²) < 4.78 is 0. The maximum Gasteiger partial charge on any atom is 0.0923 e. The molecule has 2 saturated heterocycles. The van der Waals surface area contributed by atoms with Gasteiger partial charge in [-0.05, 0) is 49.9 Å². The number of rotatable bonds is 1. The summed E-state index contributed by atoms with van der Waals surface area (Å²) in [5.41, 5.74) is 0.375. The second-order valence-corrected chi connectivity index (χ2v) is 6.11. The topological polar surface area (TPSA) is 23.5 Å². The first kappa shape index (κ1) is 12.5. The lowest BCUT2D eigenvalue weighted by molar-refractivity contribution is -0.0611. The van der Waals surface area contributed by atoms with E-state index in [1.165, 1.54) is 25.8 Å². The van der Waals surface area contributed by atoms with Crippen molar-refractivity contribution in [2.75, 3.05) is 13.1 Å². The fraction of sp³-hybridized carbons (Fsp3) is 0.600. The molecule has 3 rings (SSSR count). The van der Waals surface area contributed by atoms with Crippen LogP contribution in [0.15, 0.2) is 24.3 Å². The monoisotopic (exact) mass is 265 g/mol. The molecule has 2 aliphatic heterocycles. The summed E-state index contributed by atoms with van der Waals surface area (Å²) in [5, 5.41) is 11.6. The van der Waals surface area contributed by atoms with Gasteiger partial charge >= 0.3 is 0 Å². The van der Waals surface area contributed by atoms with Gasteiger partial charge in [0, 0.05) is 17.6 Å². The third-order valence-corrected chi connectivity index (χ3v) is 4.77. The minimum Gasteiger partial charge on any atom is -0.385 e. The van der Waals surface area contributed by atoms with Crippen molar-refractivity contribution in [3.05, 3.63) is 34.9 Å². The van der Waals surface area contributed by atoms with Crippen LogP contribution in [0.2, 0.25) is 5.02 Å². The van der Waals surface area contributed by atoms with Gasteiger partial charge in [0.15, 0.2) is 0 Å². The van der Waals surface area contributed by atoms with E-state index in [1.54, 1.807) is 0 Å². The van der Waals surface area contributed by atoms with Crippen molar-refractivity contribution in [2.24, 2.45) is 0 Å². The van der Waals surface area contributed by atoms with Crippen molar-refractivity contribution in [1.82, 2.24) is 4.90 Å². The lowest BCUT2D eigenvalue weighted by Crippen LogP contribution is -2.50. The highest BCUT2D eigenvalue weighted by Gasteiger charge is 2.40. The van der Waals surface area contributed by atoms with E-state index in [9.17, 15) is 5.11 Å². The number of piperidine rings is 2. The van der Waals surface area contributed by atoms with Gasteiger partial charge in [-0.1, -0.05) is 30.2 Å². The maximum absolute atomic E-state index is 10.9. The molecule has 2 aliphatic rings. The number of halogens is 1. The Morgan fingerprint density at radius 2 is 1.94 bits per heavy atom. The molecule has 1 aromatic carbocycles. The van der Waals surface area contributed by atoms with Crippen LogP contribution in [0.1, 0.15) is 37.7 Å². The fourth-order valence-electron chi connectivity index (χ4n) is 3.43. The summed E-state index contributed by atoms with van der Waals surface area (Å²) in [7, 11) is 0. The quantitative estimate of drug-likeness (QED) is 0.843. The molecule has 2 fully saturated rings. The Kier molecular flexibility index (Phi) is 3.35. The first-order valence-electron chi connectivity index (χ1n) is 6.90. The minimum atomic E-state index is -0.650. The second-order valence-electron chi connectivity index (χ2n) is 5.68. The summed E-state index contributed by atoms with van der Waals surface area (Å²) in [6.45, 7) is 2.23. The largest absolute Gasteiger partial charge is 0.385 e. The molecule has 0 aromatic heterocycles. The van der Waals surface area contributed by atoms with Gasteiger partial charge < -0.3 is 10.0 Å². The molecule has 1 N–H and O–H groups in total. The van der Waals surface area contributed by atoms with Crippen molar-refractivity contribution in [3.63, 3.8) is 0 Å². The van der Waals surface area contributed by atoms with Crippen LogP contribution in [0.3, 0.4) is 0 Å². The van der Waals surface area contributed by atoms with E-state index >= 15 is 0 Å². The number of hydrogen-bond acceptors (Lipinski definition) is 2. The van der Waals surface area contributed by atoms with Crippen molar-refractivity contribution in [2.45, 2.75) is 43.7 Å². The molecule has 2 atom stereocenters. The molecule has 0 aliphatic carbocycles. The van der Waals surface area contributed by atoms with E-state index < -0.39 is 5.60 Å². The van der Waals surface area contributed by atoms with Gasteiger partial charge in [0.05, 0.1) is 5.60 Å². The maximum atomic E-state index is 10.9. The molecule has 0 bridgehead atoms. The Bertz CT molecular complexity index is 419. The van der Waals surface area contributed by atoms with Gasteiger partial charge in [-0.2, -0.15) is 0 Å². The van der Waals surface area contributed by atoms with Gasteiger partial charge in [-0.15, -0.1) is 0 Å². The molecule has 0 spiro atoms. The smallest absolute Gasteiger partial charge is 0.0923 e. The summed E-state index contributed by atoms with van der Waals surface area (Å²) >= 11 is 5.92. The summed E-state index contributed by atoms with van der Waals surface area (Å²) in [5.74, 6) is 0. The van der Waals surface area contributed by atoms with E-state index in [0.29, 0.717) is 6.04 Å². The molecular weight excluding hydrogens is 246 g/mol. The summed E-state index contributed by atoms with van der Waals surface area (Å²) in [6, 6.07) is 8.26. The summed E-state index contributed by atoms with van der Waals surface area (Å²) in [4.78, 5) is 2.55. The highest BCUT2D eigenvalue weighted by atomic mass is 35.5. The zero-order chi connectivity index (χ0) is 12.6. The van der Waals surface area contributed by atoms with Gasteiger partial charge in [0.2, 0.25) is 0 Å². The van der Waals surface area contributed by atoms with Gasteiger partial charge in [-0.25, -0.2) is 0 Å². The third kappa shape index (κ3) is 2.29. The SMILES string of the molecule is O[C@]1(c2ccc(Cl)cc2)CCN2CCCC[C@H]2C1. The highest BCUT2D eigenvalue weighted by molar-refractivity contribution is 6.30. The number of hydrogen-bond donors (Lipinski definition) is 1. The summed E-state index contributed by atoms with van der Waals surface area (Å²) in [6.07, 6.45) is 5.56. The normalized spacial score (nSPS) is 33.1. The first-order valence-corrected chi connectivity index (χ1v) is 7.28. The van der Waals surface area contributed by atoms with Crippen LogP contribution in [0.5, 0.6) is 0 Å². The van der Waals surface area contributed by atoms with Crippen molar-refractivity contribution < 1.29 is 5.11 Å². The average Bonchev–Trinajstić information content (AvgIpc) is 2.39. The standard InChI is InChI=1S/C15H20ClNO/c16-13-6-4-12(5-7-13)15(18)8-10-17-9-2-1-3-14(17)11-15/h4-7,14,18H,1-3,8-11H2/t14-,15+/m0/s1. The zero-order valence-electron chi connectivity index (χ0n) is 10.6. The van der Waals surface area contributed by atoms with Crippen LogP contribution in [0.25, 0.3) is 0 Å². The lowest BCUT2D eigenvalue weighted by Gasteiger charge is -2.46. The number of aliphatic hydroxyl groups is 1. The highest BCUT2D eigenvalue weighted by Crippen LogP contribution is 2.39. The van der Waals surface area contributed by atoms with Crippen LogP contribution in [0.4, 0.5) is 0 Å². The molecular formula is C15H20ClNO. The molecule has 18 heavy (non-hydrogen) atoms. The second kappa shape index (κ2) is 4.84. The molecule has 98 valence electrons.